The van der Waals surface area contributed by atoms with E-state index in [2.05, 4.69) is 17.2 Å². The largest absolute Gasteiger partial charge is 0.479 e. The fourth-order valence-electron chi connectivity index (χ4n) is 1.73. The van der Waals surface area contributed by atoms with Crippen LogP contribution in [0.5, 0.6) is 5.75 Å². The Morgan fingerprint density at radius 2 is 2.10 bits per heavy atom. The summed E-state index contributed by atoms with van der Waals surface area (Å²) in [5, 5.41) is 12.9. The molecule has 2 aromatic rings. The SMILES string of the molecule is CCc1cnc(CNCc2ccc(OCC#N)cc2)s1. The first-order valence-corrected chi connectivity index (χ1v) is 7.36. The molecule has 1 heterocycles. The van der Waals surface area contributed by atoms with Crippen LogP contribution < -0.4 is 10.1 Å². The first-order valence-electron chi connectivity index (χ1n) is 6.54. The molecule has 0 amide bonds. The number of nitriles is 1. The van der Waals surface area contributed by atoms with E-state index >= 15 is 0 Å². The minimum atomic E-state index is 0.0847. The summed E-state index contributed by atoms with van der Waals surface area (Å²) < 4.78 is 5.21. The third-order valence-electron chi connectivity index (χ3n) is 2.78. The number of aryl methyl sites for hydroxylation is 1. The molecule has 2 rings (SSSR count). The van der Waals surface area contributed by atoms with Gasteiger partial charge in [-0.25, -0.2) is 4.98 Å². The van der Waals surface area contributed by atoms with Gasteiger partial charge in [0, 0.05) is 24.2 Å². The van der Waals surface area contributed by atoms with Crippen LogP contribution in [0.4, 0.5) is 0 Å². The number of nitrogens with one attached hydrogen (secondary N) is 1. The van der Waals surface area contributed by atoms with Gasteiger partial charge in [-0.2, -0.15) is 5.26 Å². The van der Waals surface area contributed by atoms with Gasteiger partial charge in [0.15, 0.2) is 6.61 Å². The predicted octanol–water partition coefficient (Wildman–Crippen LogP) is 2.90. The van der Waals surface area contributed by atoms with Crippen molar-refractivity contribution in [2.24, 2.45) is 0 Å². The molecule has 5 heteroatoms. The summed E-state index contributed by atoms with van der Waals surface area (Å²) in [4.78, 5) is 5.69. The topological polar surface area (TPSA) is 57.9 Å². The number of hydrogen-bond donors (Lipinski definition) is 1. The van der Waals surface area contributed by atoms with E-state index in [-0.39, 0.29) is 6.61 Å². The smallest absolute Gasteiger partial charge is 0.174 e. The normalized spacial score (nSPS) is 10.2. The Bertz CT molecular complexity index is 572. The van der Waals surface area contributed by atoms with E-state index < -0.39 is 0 Å². The molecule has 1 aromatic carbocycles. The summed E-state index contributed by atoms with van der Waals surface area (Å²) >= 11 is 1.76. The van der Waals surface area contributed by atoms with Crippen LogP contribution in [-0.2, 0) is 19.5 Å². The average Bonchev–Trinajstić information content (AvgIpc) is 2.94. The molecule has 0 aliphatic heterocycles. The molecule has 0 aliphatic rings. The maximum Gasteiger partial charge on any atom is 0.174 e. The highest BCUT2D eigenvalue weighted by molar-refractivity contribution is 7.11. The van der Waals surface area contributed by atoms with E-state index in [1.165, 1.54) is 10.4 Å². The van der Waals surface area contributed by atoms with Crippen LogP contribution in [0, 0.1) is 11.3 Å². The fourth-order valence-corrected chi connectivity index (χ4v) is 2.56. The lowest BCUT2D eigenvalue weighted by Crippen LogP contribution is -2.12. The van der Waals surface area contributed by atoms with Gasteiger partial charge in [0.1, 0.15) is 16.8 Å². The van der Waals surface area contributed by atoms with Gasteiger partial charge in [0.05, 0.1) is 0 Å². The van der Waals surface area contributed by atoms with Crippen molar-refractivity contribution in [3.8, 4) is 11.8 Å². The maximum atomic E-state index is 8.44. The second-order valence-corrected chi connectivity index (χ2v) is 5.47. The van der Waals surface area contributed by atoms with Gasteiger partial charge in [-0.15, -0.1) is 11.3 Å². The molecular weight excluding hydrogens is 270 g/mol. The molecule has 4 nitrogen and oxygen atoms in total. The van der Waals surface area contributed by atoms with Crippen molar-refractivity contribution in [2.75, 3.05) is 6.61 Å². The van der Waals surface area contributed by atoms with Gasteiger partial charge in [0.25, 0.3) is 0 Å². The minimum absolute atomic E-state index is 0.0847. The van der Waals surface area contributed by atoms with E-state index in [9.17, 15) is 0 Å². The number of benzene rings is 1. The third kappa shape index (κ3) is 4.34. The summed E-state index contributed by atoms with van der Waals surface area (Å²) in [5.41, 5.74) is 1.18. The van der Waals surface area contributed by atoms with Gasteiger partial charge >= 0.3 is 0 Å². The molecule has 0 fully saturated rings. The van der Waals surface area contributed by atoms with Crippen LogP contribution in [0.15, 0.2) is 30.5 Å². The summed E-state index contributed by atoms with van der Waals surface area (Å²) in [6.45, 7) is 3.80. The Hall–Kier alpha value is -1.90. The van der Waals surface area contributed by atoms with Crippen LogP contribution >= 0.6 is 11.3 Å². The number of ether oxygens (including phenoxy) is 1. The van der Waals surface area contributed by atoms with Crippen LogP contribution in [0.25, 0.3) is 0 Å². The molecule has 0 radical (unpaired) electrons. The van der Waals surface area contributed by atoms with Crippen molar-refractivity contribution in [1.29, 1.82) is 5.26 Å². The van der Waals surface area contributed by atoms with E-state index in [0.717, 1.165) is 30.3 Å². The lowest BCUT2D eigenvalue weighted by Gasteiger charge is -2.05. The minimum Gasteiger partial charge on any atom is -0.479 e. The molecule has 0 aliphatic carbocycles. The highest BCUT2D eigenvalue weighted by atomic mass is 32.1. The summed E-state index contributed by atoms with van der Waals surface area (Å²) in [7, 11) is 0. The van der Waals surface area contributed by atoms with Gasteiger partial charge < -0.3 is 10.1 Å². The van der Waals surface area contributed by atoms with E-state index in [0.29, 0.717) is 0 Å². The Morgan fingerprint density at radius 1 is 1.30 bits per heavy atom. The molecule has 20 heavy (non-hydrogen) atoms. The van der Waals surface area contributed by atoms with Crippen molar-refractivity contribution in [2.45, 2.75) is 26.4 Å². The Labute approximate surface area is 123 Å². The van der Waals surface area contributed by atoms with E-state index in [1.54, 1.807) is 11.3 Å². The second-order valence-electron chi connectivity index (χ2n) is 4.27. The molecule has 0 saturated heterocycles. The van der Waals surface area contributed by atoms with Crippen LogP contribution in [-0.4, -0.2) is 11.6 Å². The zero-order valence-electron chi connectivity index (χ0n) is 11.4. The maximum absolute atomic E-state index is 8.44. The van der Waals surface area contributed by atoms with Gasteiger partial charge in [-0.05, 0) is 24.1 Å². The van der Waals surface area contributed by atoms with Crippen molar-refractivity contribution >= 4 is 11.3 Å². The molecule has 1 aromatic heterocycles. The second kappa shape index (κ2) is 7.63. The molecule has 104 valence electrons. The lowest BCUT2D eigenvalue weighted by atomic mass is 10.2. The highest BCUT2D eigenvalue weighted by Gasteiger charge is 2.00. The van der Waals surface area contributed by atoms with Crippen molar-refractivity contribution < 1.29 is 4.74 Å². The molecule has 0 atom stereocenters. The first-order chi connectivity index (χ1) is 9.81. The monoisotopic (exact) mass is 287 g/mol. The molecule has 0 saturated carbocycles. The fraction of sp³-hybridized carbons (Fsp3) is 0.333. The highest BCUT2D eigenvalue weighted by Crippen LogP contribution is 2.14. The Balaban J connectivity index is 1.77. The number of thiazole rings is 1. The van der Waals surface area contributed by atoms with Crippen molar-refractivity contribution in [3.05, 3.63) is 45.9 Å². The summed E-state index contributed by atoms with van der Waals surface area (Å²) in [6, 6.07) is 9.71. The summed E-state index contributed by atoms with van der Waals surface area (Å²) in [6.07, 6.45) is 2.99. The Kier molecular flexibility index (Phi) is 5.54. The third-order valence-corrected chi connectivity index (χ3v) is 3.92. The van der Waals surface area contributed by atoms with E-state index in [1.807, 2.05) is 36.5 Å². The van der Waals surface area contributed by atoms with Crippen LogP contribution in [0.2, 0.25) is 0 Å². The average molecular weight is 287 g/mol. The molecular formula is C15H17N3OS. The van der Waals surface area contributed by atoms with E-state index in [4.69, 9.17) is 10.00 Å². The number of aromatic nitrogens is 1. The zero-order chi connectivity index (χ0) is 14.2. The zero-order valence-corrected chi connectivity index (χ0v) is 12.2. The lowest BCUT2D eigenvalue weighted by molar-refractivity contribution is 0.368. The van der Waals surface area contributed by atoms with Crippen LogP contribution in [0.1, 0.15) is 22.4 Å². The number of hydrogen-bond acceptors (Lipinski definition) is 5. The van der Waals surface area contributed by atoms with Gasteiger partial charge in [-0.3, -0.25) is 0 Å². The van der Waals surface area contributed by atoms with Gasteiger partial charge in [-0.1, -0.05) is 19.1 Å². The standard InChI is InChI=1S/C15H17N3OS/c1-2-14-10-18-15(20-14)11-17-9-12-3-5-13(6-4-12)19-8-7-16/h3-6,10,17H,2,8-9,11H2,1H3. The Morgan fingerprint density at radius 3 is 2.75 bits per heavy atom. The molecule has 0 unspecified atom stereocenters. The molecule has 1 N–H and O–H groups in total. The summed E-state index contributed by atoms with van der Waals surface area (Å²) in [5.74, 6) is 0.725. The quantitative estimate of drug-likeness (QED) is 0.850. The van der Waals surface area contributed by atoms with Crippen molar-refractivity contribution in [1.82, 2.24) is 10.3 Å². The first kappa shape index (κ1) is 14.5. The number of nitrogens with zero attached hydrogens (tertiary/aromatic N) is 2. The predicted molar refractivity (Wildman–Crippen MR) is 79.6 cm³/mol. The van der Waals surface area contributed by atoms with Gasteiger partial charge in [0.2, 0.25) is 0 Å². The molecule has 0 bridgehead atoms. The molecule has 0 spiro atoms. The number of rotatable bonds is 7. The van der Waals surface area contributed by atoms with Crippen molar-refractivity contribution in [3.63, 3.8) is 0 Å². The van der Waals surface area contributed by atoms with Crippen LogP contribution in [0.3, 0.4) is 0 Å².